The molecule has 26 heavy (non-hydrogen) atoms. The summed E-state index contributed by atoms with van der Waals surface area (Å²) in [5.41, 5.74) is 1.24. The van der Waals surface area contributed by atoms with Crippen molar-refractivity contribution < 1.29 is 14.7 Å². The standard InChI is InChI=1S/C20H29N3O3/c1-2-22(14-19(24)25)17-11-16(12-17)21-20(26)18-9-6-10-23(18)13-15-7-4-3-5-8-15/h3-5,7-8,16-18H,2,6,9-14H2,1H3,(H,21,26)(H,24,25). The quantitative estimate of drug-likeness (QED) is 0.739. The molecule has 142 valence electrons. The molecule has 1 aromatic rings. The molecule has 6 nitrogen and oxygen atoms in total. The minimum Gasteiger partial charge on any atom is -0.480 e. The maximum atomic E-state index is 12.7. The van der Waals surface area contributed by atoms with Crippen molar-refractivity contribution in [2.45, 2.75) is 57.3 Å². The Kier molecular flexibility index (Phi) is 6.27. The van der Waals surface area contributed by atoms with E-state index in [-0.39, 0.29) is 30.6 Å². The molecule has 1 saturated heterocycles. The molecule has 1 aliphatic heterocycles. The number of aliphatic carboxylic acids is 1. The Balaban J connectivity index is 1.47. The molecule has 0 spiro atoms. The van der Waals surface area contributed by atoms with Crippen LogP contribution in [0, 0.1) is 0 Å². The first-order valence-corrected chi connectivity index (χ1v) is 9.61. The lowest BCUT2D eigenvalue weighted by atomic mass is 9.85. The highest BCUT2D eigenvalue weighted by Gasteiger charge is 2.37. The molecule has 2 N–H and O–H groups in total. The van der Waals surface area contributed by atoms with E-state index in [0.29, 0.717) is 0 Å². The minimum atomic E-state index is -0.790. The molecule has 3 rings (SSSR count). The van der Waals surface area contributed by atoms with Gasteiger partial charge in [0.2, 0.25) is 5.91 Å². The smallest absolute Gasteiger partial charge is 0.317 e. The normalized spacial score (nSPS) is 25.8. The van der Waals surface area contributed by atoms with Crippen LogP contribution in [0.5, 0.6) is 0 Å². The van der Waals surface area contributed by atoms with Crippen molar-refractivity contribution in [3.8, 4) is 0 Å². The van der Waals surface area contributed by atoms with Crippen molar-refractivity contribution in [1.82, 2.24) is 15.1 Å². The van der Waals surface area contributed by atoms with E-state index in [1.807, 2.05) is 30.0 Å². The number of amides is 1. The van der Waals surface area contributed by atoms with Gasteiger partial charge in [-0.3, -0.25) is 19.4 Å². The molecular formula is C20H29N3O3. The van der Waals surface area contributed by atoms with Crippen LogP contribution in [0.15, 0.2) is 30.3 Å². The van der Waals surface area contributed by atoms with E-state index in [1.54, 1.807) is 0 Å². The Morgan fingerprint density at radius 3 is 2.65 bits per heavy atom. The van der Waals surface area contributed by atoms with E-state index in [2.05, 4.69) is 22.3 Å². The van der Waals surface area contributed by atoms with Gasteiger partial charge in [0.05, 0.1) is 12.6 Å². The Labute approximate surface area is 155 Å². The molecule has 1 amide bonds. The minimum absolute atomic E-state index is 0.0458. The molecule has 1 saturated carbocycles. The van der Waals surface area contributed by atoms with Gasteiger partial charge in [0, 0.05) is 18.6 Å². The average Bonchev–Trinajstić information content (AvgIpc) is 3.04. The van der Waals surface area contributed by atoms with Crippen LogP contribution in [0.1, 0.15) is 38.2 Å². The number of carbonyl (C=O) groups excluding carboxylic acids is 1. The summed E-state index contributed by atoms with van der Waals surface area (Å²) < 4.78 is 0. The van der Waals surface area contributed by atoms with Crippen LogP contribution >= 0.6 is 0 Å². The number of hydrogen-bond donors (Lipinski definition) is 2. The van der Waals surface area contributed by atoms with E-state index >= 15 is 0 Å². The highest BCUT2D eigenvalue weighted by Crippen LogP contribution is 2.27. The molecule has 2 aliphatic rings. The van der Waals surface area contributed by atoms with Crippen LogP contribution in [-0.4, -0.2) is 64.5 Å². The molecule has 2 fully saturated rings. The van der Waals surface area contributed by atoms with Gasteiger partial charge in [0.15, 0.2) is 0 Å². The highest BCUT2D eigenvalue weighted by molar-refractivity contribution is 5.82. The Morgan fingerprint density at radius 2 is 2.00 bits per heavy atom. The molecule has 1 aromatic carbocycles. The summed E-state index contributed by atoms with van der Waals surface area (Å²) in [4.78, 5) is 27.9. The number of nitrogens with zero attached hydrogens (tertiary/aromatic N) is 2. The molecule has 1 unspecified atom stereocenters. The third-order valence-electron chi connectivity index (χ3n) is 5.62. The topological polar surface area (TPSA) is 72.9 Å². The van der Waals surface area contributed by atoms with Crippen LogP contribution in [0.25, 0.3) is 0 Å². The molecule has 6 heteroatoms. The van der Waals surface area contributed by atoms with Gasteiger partial charge >= 0.3 is 5.97 Å². The lowest BCUT2D eigenvalue weighted by molar-refractivity contribution is -0.140. The Bertz CT molecular complexity index is 616. The molecular weight excluding hydrogens is 330 g/mol. The summed E-state index contributed by atoms with van der Waals surface area (Å²) in [6.07, 6.45) is 3.66. The van der Waals surface area contributed by atoms with Gasteiger partial charge in [0.1, 0.15) is 0 Å². The summed E-state index contributed by atoms with van der Waals surface area (Å²) in [5, 5.41) is 12.2. The van der Waals surface area contributed by atoms with Crippen molar-refractivity contribution in [1.29, 1.82) is 0 Å². The third kappa shape index (κ3) is 4.62. The molecule has 0 aromatic heterocycles. The van der Waals surface area contributed by atoms with Crippen LogP contribution in [-0.2, 0) is 16.1 Å². The number of carboxylic acid groups (broad SMARTS) is 1. The monoisotopic (exact) mass is 359 g/mol. The zero-order valence-corrected chi connectivity index (χ0v) is 15.4. The van der Waals surface area contributed by atoms with Gasteiger partial charge in [-0.05, 0) is 44.3 Å². The van der Waals surface area contributed by atoms with E-state index < -0.39 is 5.97 Å². The fraction of sp³-hybridized carbons (Fsp3) is 0.600. The first-order valence-electron chi connectivity index (χ1n) is 9.61. The Morgan fingerprint density at radius 1 is 1.27 bits per heavy atom. The van der Waals surface area contributed by atoms with Crippen molar-refractivity contribution >= 4 is 11.9 Å². The number of likely N-dealkylation sites (tertiary alicyclic amines) is 1. The largest absolute Gasteiger partial charge is 0.480 e. The fourth-order valence-electron chi connectivity index (χ4n) is 4.10. The van der Waals surface area contributed by atoms with E-state index in [0.717, 1.165) is 45.3 Å². The lowest BCUT2D eigenvalue weighted by Gasteiger charge is -2.42. The summed E-state index contributed by atoms with van der Waals surface area (Å²) in [5.74, 6) is -0.662. The molecule has 0 radical (unpaired) electrons. The Hall–Kier alpha value is -1.92. The SMILES string of the molecule is CCN(CC(=O)O)C1CC(NC(=O)C2CCCN2Cc2ccccc2)C1. The first kappa shape index (κ1) is 18.9. The van der Waals surface area contributed by atoms with Crippen molar-refractivity contribution in [3.05, 3.63) is 35.9 Å². The summed E-state index contributed by atoms with van der Waals surface area (Å²) in [7, 11) is 0. The van der Waals surface area contributed by atoms with Crippen LogP contribution in [0.4, 0.5) is 0 Å². The van der Waals surface area contributed by atoms with Gasteiger partial charge in [-0.25, -0.2) is 0 Å². The van der Waals surface area contributed by atoms with Crippen LogP contribution in [0.2, 0.25) is 0 Å². The number of nitrogens with one attached hydrogen (secondary N) is 1. The number of carboxylic acids is 1. The number of likely N-dealkylation sites (N-methyl/N-ethyl adjacent to an activating group) is 1. The number of rotatable bonds is 8. The zero-order chi connectivity index (χ0) is 18.5. The molecule has 0 bridgehead atoms. The van der Waals surface area contributed by atoms with Crippen LogP contribution < -0.4 is 5.32 Å². The summed E-state index contributed by atoms with van der Waals surface area (Å²) in [6, 6.07) is 10.7. The first-order chi connectivity index (χ1) is 12.6. The molecule has 1 aliphatic carbocycles. The lowest BCUT2D eigenvalue weighted by Crippen LogP contribution is -2.57. The predicted molar refractivity (Wildman–Crippen MR) is 99.7 cm³/mol. The van der Waals surface area contributed by atoms with Gasteiger partial charge < -0.3 is 10.4 Å². The second-order valence-corrected chi connectivity index (χ2v) is 7.40. The number of hydrogen-bond acceptors (Lipinski definition) is 4. The van der Waals surface area contributed by atoms with Crippen molar-refractivity contribution in [2.24, 2.45) is 0 Å². The highest BCUT2D eigenvalue weighted by atomic mass is 16.4. The number of benzene rings is 1. The van der Waals surface area contributed by atoms with Gasteiger partial charge in [0.25, 0.3) is 0 Å². The second kappa shape index (κ2) is 8.64. The van der Waals surface area contributed by atoms with Gasteiger partial charge in [-0.2, -0.15) is 0 Å². The van der Waals surface area contributed by atoms with Crippen molar-refractivity contribution in [3.63, 3.8) is 0 Å². The zero-order valence-electron chi connectivity index (χ0n) is 15.4. The van der Waals surface area contributed by atoms with Crippen LogP contribution in [0.3, 0.4) is 0 Å². The number of carbonyl (C=O) groups is 2. The maximum absolute atomic E-state index is 12.7. The van der Waals surface area contributed by atoms with Crippen molar-refractivity contribution in [2.75, 3.05) is 19.6 Å². The van der Waals surface area contributed by atoms with E-state index in [4.69, 9.17) is 5.11 Å². The van der Waals surface area contributed by atoms with Gasteiger partial charge in [-0.15, -0.1) is 0 Å². The second-order valence-electron chi connectivity index (χ2n) is 7.40. The van der Waals surface area contributed by atoms with Gasteiger partial charge in [-0.1, -0.05) is 37.3 Å². The average molecular weight is 359 g/mol. The molecule has 1 atom stereocenters. The van der Waals surface area contributed by atoms with E-state index in [9.17, 15) is 9.59 Å². The van der Waals surface area contributed by atoms with E-state index in [1.165, 1.54) is 5.56 Å². The maximum Gasteiger partial charge on any atom is 0.317 e. The predicted octanol–water partition coefficient (Wildman–Crippen LogP) is 1.70. The fourth-order valence-corrected chi connectivity index (χ4v) is 4.10. The summed E-state index contributed by atoms with van der Waals surface area (Å²) in [6.45, 7) is 4.56. The molecule has 1 heterocycles. The summed E-state index contributed by atoms with van der Waals surface area (Å²) >= 11 is 0. The third-order valence-corrected chi connectivity index (χ3v) is 5.62.